The van der Waals surface area contributed by atoms with Crippen LogP contribution in [0, 0.1) is 0 Å². The van der Waals surface area contributed by atoms with Crippen LogP contribution in [0.5, 0.6) is 23.0 Å². The molecule has 0 radical (unpaired) electrons. The van der Waals surface area contributed by atoms with Gasteiger partial charge in [-0.15, -0.1) is 0 Å². The Bertz CT molecular complexity index is 2680. The van der Waals surface area contributed by atoms with Gasteiger partial charge in [-0.25, -0.2) is 0 Å². The Hall–Kier alpha value is -6.26. The fraction of sp³-hybridized carbons (Fsp3) is 0. The Morgan fingerprint density at radius 2 is 0.833 bits per heavy atom. The quantitative estimate of drug-likeness (QED) is 0.144. The molecule has 0 fully saturated rings. The van der Waals surface area contributed by atoms with Gasteiger partial charge in [-0.3, -0.25) is 0 Å². The van der Waals surface area contributed by atoms with Crippen molar-refractivity contribution in [3.63, 3.8) is 0 Å². The van der Waals surface area contributed by atoms with Crippen molar-refractivity contribution in [3.05, 3.63) is 152 Å². The molecule has 0 amide bonds. The lowest BCUT2D eigenvalue weighted by molar-refractivity contribution is 0.465. The standard InChI is InChI=1S/C44H25BO3/c1-3-14-31-29(12-1)42(26-21-22-37-33(23-26)28-11-5-8-18-36(28)46-37)30-13-2-4-15-32(30)43(31)27-24-40-44-41(25-27)48-39-20-10-7-17-35(39)45(44)34-16-6-9-19-38(34)47-40/h1-25H. The highest BCUT2D eigenvalue weighted by Gasteiger charge is 2.40. The molecule has 0 unspecified atom stereocenters. The van der Waals surface area contributed by atoms with Crippen LogP contribution < -0.4 is 25.9 Å². The van der Waals surface area contributed by atoms with Gasteiger partial charge < -0.3 is 13.9 Å². The van der Waals surface area contributed by atoms with Gasteiger partial charge in [-0.1, -0.05) is 109 Å². The molecule has 0 aliphatic carbocycles. The fourth-order valence-corrected chi connectivity index (χ4v) is 8.17. The van der Waals surface area contributed by atoms with Crippen molar-refractivity contribution in [2.75, 3.05) is 0 Å². The minimum absolute atomic E-state index is 0.0451. The lowest BCUT2D eigenvalue weighted by Crippen LogP contribution is -2.57. The molecule has 2 aliphatic heterocycles. The van der Waals surface area contributed by atoms with E-state index in [1.54, 1.807) is 0 Å². The molecule has 222 valence electrons. The van der Waals surface area contributed by atoms with Crippen molar-refractivity contribution in [2.24, 2.45) is 0 Å². The second kappa shape index (κ2) is 9.63. The van der Waals surface area contributed by atoms with Crippen molar-refractivity contribution < 1.29 is 13.9 Å². The van der Waals surface area contributed by atoms with Crippen LogP contribution in [-0.4, -0.2) is 6.71 Å². The van der Waals surface area contributed by atoms with Crippen LogP contribution in [0.25, 0.3) is 65.7 Å². The number of benzene rings is 8. The molecular formula is C44H25BO3. The van der Waals surface area contributed by atoms with E-state index in [4.69, 9.17) is 13.9 Å². The first-order chi connectivity index (χ1) is 23.8. The van der Waals surface area contributed by atoms with Gasteiger partial charge in [0, 0.05) is 16.2 Å². The topological polar surface area (TPSA) is 31.6 Å². The molecule has 0 bridgehead atoms. The Balaban J connectivity index is 1.19. The number of hydrogen-bond donors (Lipinski definition) is 0. The molecule has 3 heterocycles. The molecule has 2 aliphatic rings. The summed E-state index contributed by atoms with van der Waals surface area (Å²) >= 11 is 0. The predicted molar refractivity (Wildman–Crippen MR) is 197 cm³/mol. The maximum absolute atomic E-state index is 6.70. The van der Waals surface area contributed by atoms with E-state index >= 15 is 0 Å². The molecule has 11 rings (SSSR count). The van der Waals surface area contributed by atoms with Gasteiger partial charge in [0.2, 0.25) is 0 Å². The summed E-state index contributed by atoms with van der Waals surface area (Å²) in [6.07, 6.45) is 0. The van der Waals surface area contributed by atoms with Gasteiger partial charge >= 0.3 is 0 Å². The maximum atomic E-state index is 6.70. The summed E-state index contributed by atoms with van der Waals surface area (Å²) < 4.78 is 19.6. The van der Waals surface area contributed by atoms with E-state index in [9.17, 15) is 0 Å². The van der Waals surface area contributed by atoms with Crippen molar-refractivity contribution >= 4 is 66.6 Å². The Morgan fingerprint density at radius 1 is 0.354 bits per heavy atom. The summed E-state index contributed by atoms with van der Waals surface area (Å²) in [5.74, 6) is 3.47. The first-order valence-corrected chi connectivity index (χ1v) is 16.4. The summed E-state index contributed by atoms with van der Waals surface area (Å²) in [4.78, 5) is 0. The van der Waals surface area contributed by atoms with Gasteiger partial charge in [0.15, 0.2) is 0 Å². The van der Waals surface area contributed by atoms with Crippen LogP contribution in [0.4, 0.5) is 0 Å². The average molecular weight is 612 g/mol. The normalized spacial score (nSPS) is 12.9. The number of hydrogen-bond acceptors (Lipinski definition) is 3. The zero-order valence-corrected chi connectivity index (χ0v) is 25.7. The summed E-state index contributed by atoms with van der Waals surface area (Å²) in [6.45, 7) is 0.0451. The van der Waals surface area contributed by atoms with Crippen LogP contribution in [0.2, 0.25) is 0 Å². The number of furan rings is 1. The molecular weight excluding hydrogens is 587 g/mol. The molecule has 4 heteroatoms. The predicted octanol–water partition coefficient (Wildman–Crippen LogP) is 9.95. The SMILES string of the molecule is c1ccc2c(c1)Oc1cc(-c3c4ccccc4c(-c4ccc5oc6ccccc6c5c4)c4ccccc34)cc3c1B2c1ccccc1O3. The molecule has 0 saturated carbocycles. The zero-order valence-electron chi connectivity index (χ0n) is 25.7. The van der Waals surface area contributed by atoms with Crippen LogP contribution in [0.3, 0.4) is 0 Å². The van der Waals surface area contributed by atoms with E-state index in [0.29, 0.717) is 0 Å². The van der Waals surface area contributed by atoms with E-state index in [2.05, 4.69) is 127 Å². The van der Waals surface area contributed by atoms with Gasteiger partial charge in [-0.05, 0) is 97.2 Å². The smallest absolute Gasteiger partial charge is 0.260 e. The monoisotopic (exact) mass is 612 g/mol. The molecule has 0 N–H and O–H groups in total. The van der Waals surface area contributed by atoms with Crippen molar-refractivity contribution in [1.82, 2.24) is 0 Å². The van der Waals surface area contributed by atoms with Gasteiger partial charge in [0.05, 0.1) is 0 Å². The van der Waals surface area contributed by atoms with Crippen molar-refractivity contribution in [1.29, 1.82) is 0 Å². The molecule has 9 aromatic rings. The summed E-state index contributed by atoms with van der Waals surface area (Å²) in [5.41, 5.74) is 9.83. The number of ether oxygens (including phenoxy) is 2. The Kier molecular flexibility index (Phi) is 5.19. The lowest BCUT2D eigenvalue weighted by atomic mass is 9.35. The molecule has 0 saturated heterocycles. The van der Waals surface area contributed by atoms with E-state index < -0.39 is 0 Å². The number of para-hydroxylation sites is 3. The van der Waals surface area contributed by atoms with Gasteiger partial charge in [-0.2, -0.15) is 0 Å². The second-order valence-electron chi connectivity index (χ2n) is 12.7. The third kappa shape index (κ3) is 3.54. The van der Waals surface area contributed by atoms with Crippen LogP contribution in [0.1, 0.15) is 0 Å². The average Bonchev–Trinajstić information content (AvgIpc) is 3.51. The van der Waals surface area contributed by atoms with Crippen molar-refractivity contribution in [2.45, 2.75) is 0 Å². The summed E-state index contributed by atoms with van der Waals surface area (Å²) in [5, 5.41) is 7.00. The Morgan fingerprint density at radius 3 is 1.44 bits per heavy atom. The van der Waals surface area contributed by atoms with Crippen LogP contribution in [0.15, 0.2) is 156 Å². The molecule has 1 aromatic heterocycles. The molecule has 0 atom stereocenters. The van der Waals surface area contributed by atoms with Crippen LogP contribution in [-0.2, 0) is 0 Å². The van der Waals surface area contributed by atoms with Gasteiger partial charge in [0.25, 0.3) is 6.71 Å². The zero-order chi connectivity index (χ0) is 31.3. The number of rotatable bonds is 2. The first kappa shape index (κ1) is 25.9. The molecule has 0 spiro atoms. The lowest BCUT2D eigenvalue weighted by Gasteiger charge is -2.33. The summed E-state index contributed by atoms with van der Waals surface area (Å²) in [6, 6.07) is 53.6. The number of fused-ring (bicyclic) bond motifs is 9. The third-order valence-electron chi connectivity index (χ3n) is 10.2. The van der Waals surface area contributed by atoms with E-state index in [1.807, 2.05) is 24.3 Å². The molecule has 8 aromatic carbocycles. The highest BCUT2D eigenvalue weighted by atomic mass is 16.5. The second-order valence-corrected chi connectivity index (χ2v) is 12.7. The summed E-state index contributed by atoms with van der Waals surface area (Å²) in [7, 11) is 0. The van der Waals surface area contributed by atoms with Crippen molar-refractivity contribution in [3.8, 4) is 45.3 Å². The minimum atomic E-state index is 0.0451. The van der Waals surface area contributed by atoms with Gasteiger partial charge in [0.1, 0.15) is 34.2 Å². The third-order valence-corrected chi connectivity index (χ3v) is 10.2. The molecule has 3 nitrogen and oxygen atoms in total. The highest BCUT2D eigenvalue weighted by Crippen LogP contribution is 2.47. The molecule has 48 heavy (non-hydrogen) atoms. The fourth-order valence-electron chi connectivity index (χ4n) is 8.17. The first-order valence-electron chi connectivity index (χ1n) is 16.4. The van der Waals surface area contributed by atoms with Crippen LogP contribution >= 0.6 is 0 Å². The van der Waals surface area contributed by atoms with E-state index in [1.165, 1.54) is 32.7 Å². The minimum Gasteiger partial charge on any atom is -0.458 e. The van der Waals surface area contributed by atoms with E-state index in [0.717, 1.165) is 72.5 Å². The largest absolute Gasteiger partial charge is 0.458 e. The highest BCUT2D eigenvalue weighted by molar-refractivity contribution is 6.98. The van der Waals surface area contributed by atoms with E-state index in [-0.39, 0.29) is 6.71 Å². The Labute approximate surface area is 276 Å². The maximum Gasteiger partial charge on any atom is 0.260 e.